The Hall–Kier alpha value is -2.95. The Bertz CT molecular complexity index is 1060. The van der Waals surface area contributed by atoms with E-state index in [1.165, 1.54) is 11.0 Å². The molecule has 2 atom stereocenters. The average Bonchev–Trinajstić information content (AvgIpc) is 3.22. The SMILES string of the molecule is C#CC(C)/C(=C\C=C(/C)N1CC(CCN(C/C=C/C2=C(C(=C)Cl)OCCC2(C)C)CCC)OC1=O)C(=O)O. The Balaban J connectivity index is 2.02. The van der Waals surface area contributed by atoms with E-state index in [9.17, 15) is 14.7 Å². The Kier molecular flexibility index (Phi) is 11.7. The first-order valence-electron chi connectivity index (χ1n) is 13.1. The highest BCUT2D eigenvalue weighted by molar-refractivity contribution is 6.31. The van der Waals surface area contributed by atoms with Gasteiger partial charge in [-0.15, -0.1) is 6.42 Å². The lowest BCUT2D eigenvalue weighted by Gasteiger charge is -2.33. The number of hydrogen-bond donors (Lipinski definition) is 1. The number of ether oxygens (including phenoxy) is 2. The first-order chi connectivity index (χ1) is 17.9. The molecule has 0 aromatic rings. The second-order valence-corrected chi connectivity index (χ2v) is 10.8. The zero-order valence-electron chi connectivity index (χ0n) is 23.3. The number of aliphatic carboxylic acids is 1. The zero-order valence-corrected chi connectivity index (χ0v) is 24.0. The molecule has 1 fully saturated rings. The van der Waals surface area contributed by atoms with Crippen molar-refractivity contribution in [2.75, 3.05) is 32.8 Å². The molecule has 0 spiro atoms. The van der Waals surface area contributed by atoms with E-state index in [0.29, 0.717) is 36.1 Å². The predicted molar refractivity (Wildman–Crippen MR) is 151 cm³/mol. The highest BCUT2D eigenvalue weighted by atomic mass is 35.5. The van der Waals surface area contributed by atoms with Gasteiger partial charge in [-0.05, 0) is 57.2 Å². The topological polar surface area (TPSA) is 79.3 Å². The summed E-state index contributed by atoms with van der Waals surface area (Å²) in [5.41, 5.74) is 1.71. The third-order valence-corrected chi connectivity index (χ3v) is 7.09. The first-order valence-corrected chi connectivity index (χ1v) is 13.5. The Morgan fingerprint density at radius 3 is 2.71 bits per heavy atom. The second-order valence-electron chi connectivity index (χ2n) is 10.4. The molecule has 0 aliphatic carbocycles. The van der Waals surface area contributed by atoms with Gasteiger partial charge in [-0.2, -0.15) is 0 Å². The minimum absolute atomic E-state index is 0.0519. The predicted octanol–water partition coefficient (Wildman–Crippen LogP) is 6.10. The number of rotatable bonds is 13. The Morgan fingerprint density at radius 2 is 2.11 bits per heavy atom. The molecule has 0 bridgehead atoms. The quantitative estimate of drug-likeness (QED) is 0.171. The highest BCUT2D eigenvalue weighted by Gasteiger charge is 2.33. The Labute approximate surface area is 232 Å². The number of hydrogen-bond acceptors (Lipinski definition) is 5. The van der Waals surface area contributed by atoms with Gasteiger partial charge in [0.1, 0.15) is 11.9 Å². The summed E-state index contributed by atoms with van der Waals surface area (Å²) in [6, 6.07) is 0. The van der Waals surface area contributed by atoms with Gasteiger partial charge in [0.15, 0.2) is 0 Å². The summed E-state index contributed by atoms with van der Waals surface area (Å²) in [7, 11) is 0. The number of nitrogens with zero attached hydrogens (tertiary/aromatic N) is 2. The van der Waals surface area contributed by atoms with Gasteiger partial charge >= 0.3 is 12.1 Å². The van der Waals surface area contributed by atoms with E-state index in [1.807, 2.05) is 0 Å². The van der Waals surface area contributed by atoms with Gasteiger partial charge in [-0.1, -0.05) is 57.0 Å². The maximum Gasteiger partial charge on any atom is 0.414 e. The van der Waals surface area contributed by atoms with Crippen LogP contribution in [0.4, 0.5) is 4.79 Å². The van der Waals surface area contributed by atoms with Crippen molar-refractivity contribution in [2.24, 2.45) is 11.3 Å². The van der Waals surface area contributed by atoms with Crippen LogP contribution in [0, 0.1) is 23.7 Å². The fourth-order valence-electron chi connectivity index (χ4n) is 4.46. The first kappa shape index (κ1) is 31.3. The molecule has 2 aliphatic rings. The molecule has 0 radical (unpaired) electrons. The van der Waals surface area contributed by atoms with Crippen molar-refractivity contribution in [1.82, 2.24) is 9.80 Å². The summed E-state index contributed by atoms with van der Waals surface area (Å²) >= 11 is 6.20. The molecule has 0 aromatic carbocycles. The number of carbonyl (C=O) groups is 2. The molecule has 7 nitrogen and oxygen atoms in total. The second kappa shape index (κ2) is 14.3. The van der Waals surface area contributed by atoms with Crippen molar-refractivity contribution in [1.29, 1.82) is 0 Å². The van der Waals surface area contributed by atoms with Crippen molar-refractivity contribution in [2.45, 2.75) is 60.0 Å². The maximum atomic E-state index is 12.5. The van der Waals surface area contributed by atoms with Crippen LogP contribution < -0.4 is 0 Å². The third kappa shape index (κ3) is 8.54. The number of cyclic esters (lactones) is 1. The van der Waals surface area contributed by atoms with Gasteiger partial charge in [0.25, 0.3) is 0 Å². The van der Waals surface area contributed by atoms with Crippen molar-refractivity contribution >= 4 is 23.7 Å². The molecule has 2 unspecified atom stereocenters. The molecule has 2 aliphatic heterocycles. The van der Waals surface area contributed by atoms with Gasteiger partial charge in [0.2, 0.25) is 0 Å². The zero-order chi connectivity index (χ0) is 28.5. The standard InChI is InChI=1S/C30H41ClN2O5/c1-8-16-32(17-10-11-26-27(23(5)31)37-19-15-30(26,6)7)18-14-24-20-33(29(36)38-24)22(4)12-13-25(28(34)35)21(3)9-2/h2,10-13,21,24H,5,8,14-20H2,1,3-4,6-7H3,(H,34,35)/b11-10+,22-12+,25-13+. The maximum absolute atomic E-state index is 12.5. The summed E-state index contributed by atoms with van der Waals surface area (Å²) < 4.78 is 11.4. The largest absolute Gasteiger partial charge is 0.492 e. The van der Waals surface area contributed by atoms with Gasteiger partial charge in [0.05, 0.1) is 23.8 Å². The average molecular weight is 545 g/mol. The molecule has 38 heavy (non-hydrogen) atoms. The van der Waals surface area contributed by atoms with E-state index in [4.69, 9.17) is 27.5 Å². The molecular formula is C30H41ClN2O5. The monoisotopic (exact) mass is 544 g/mol. The van der Waals surface area contributed by atoms with Crippen molar-refractivity contribution in [3.63, 3.8) is 0 Å². The Morgan fingerprint density at radius 1 is 1.39 bits per heavy atom. The number of amides is 1. The van der Waals surface area contributed by atoms with Crippen LogP contribution in [0.3, 0.4) is 0 Å². The number of carboxylic acid groups (broad SMARTS) is 1. The molecule has 2 heterocycles. The smallest absolute Gasteiger partial charge is 0.414 e. The lowest BCUT2D eigenvalue weighted by Crippen LogP contribution is -2.30. The van der Waals surface area contributed by atoms with Gasteiger partial charge in [0, 0.05) is 30.3 Å². The van der Waals surface area contributed by atoms with Gasteiger partial charge in [-0.3, -0.25) is 9.80 Å². The molecule has 0 aromatic heterocycles. The van der Waals surface area contributed by atoms with Crippen molar-refractivity contribution < 1.29 is 24.2 Å². The van der Waals surface area contributed by atoms with E-state index in [2.05, 4.69) is 50.3 Å². The van der Waals surface area contributed by atoms with E-state index in [-0.39, 0.29) is 17.1 Å². The van der Waals surface area contributed by atoms with E-state index in [1.54, 1.807) is 19.9 Å². The number of halogens is 1. The van der Waals surface area contributed by atoms with Gasteiger partial charge in [-0.25, -0.2) is 9.59 Å². The molecular weight excluding hydrogens is 504 g/mol. The van der Waals surface area contributed by atoms with Gasteiger partial charge < -0.3 is 14.6 Å². The van der Waals surface area contributed by atoms with E-state index < -0.39 is 18.0 Å². The fourth-order valence-corrected chi connectivity index (χ4v) is 4.62. The molecule has 1 saturated heterocycles. The summed E-state index contributed by atoms with van der Waals surface area (Å²) in [6.45, 7) is 17.2. The van der Waals surface area contributed by atoms with Crippen LogP contribution in [0.25, 0.3) is 0 Å². The lowest BCUT2D eigenvalue weighted by atomic mass is 9.79. The highest BCUT2D eigenvalue weighted by Crippen LogP contribution is 2.40. The minimum atomic E-state index is -1.08. The van der Waals surface area contributed by atoms with Crippen LogP contribution in [0.2, 0.25) is 0 Å². The summed E-state index contributed by atoms with van der Waals surface area (Å²) in [4.78, 5) is 27.8. The van der Waals surface area contributed by atoms with Crippen molar-refractivity contribution in [3.05, 3.63) is 58.5 Å². The number of terminal acetylenes is 1. The molecule has 208 valence electrons. The van der Waals surface area contributed by atoms with Crippen LogP contribution in [-0.2, 0) is 14.3 Å². The summed E-state index contributed by atoms with van der Waals surface area (Å²) in [5, 5.41) is 9.80. The number of carboxylic acids is 1. The summed E-state index contributed by atoms with van der Waals surface area (Å²) in [5.74, 6) is 1.48. The molecule has 8 heteroatoms. The minimum Gasteiger partial charge on any atom is -0.492 e. The molecule has 1 N–H and O–H groups in total. The normalized spacial score (nSPS) is 20.9. The molecule has 1 amide bonds. The van der Waals surface area contributed by atoms with Crippen LogP contribution in [0.15, 0.2) is 58.5 Å². The third-order valence-electron chi connectivity index (χ3n) is 6.92. The van der Waals surface area contributed by atoms with Crippen LogP contribution in [-0.4, -0.2) is 65.9 Å². The number of allylic oxidation sites excluding steroid dienone is 6. The van der Waals surface area contributed by atoms with Crippen LogP contribution in [0.1, 0.15) is 53.9 Å². The van der Waals surface area contributed by atoms with Crippen LogP contribution >= 0.6 is 11.6 Å². The molecule has 2 rings (SSSR count). The van der Waals surface area contributed by atoms with Crippen LogP contribution in [0.5, 0.6) is 0 Å². The van der Waals surface area contributed by atoms with Crippen molar-refractivity contribution in [3.8, 4) is 12.3 Å². The summed E-state index contributed by atoms with van der Waals surface area (Å²) in [6.07, 6.45) is 14.6. The lowest BCUT2D eigenvalue weighted by molar-refractivity contribution is -0.133. The van der Waals surface area contributed by atoms with E-state index in [0.717, 1.165) is 38.0 Å². The number of carbonyl (C=O) groups excluding carboxylic acids is 1. The van der Waals surface area contributed by atoms with E-state index >= 15 is 0 Å². The fraction of sp³-hybridized carbons (Fsp3) is 0.533. The molecule has 0 saturated carbocycles.